The minimum absolute atomic E-state index is 0.0168. The molecular formula is C39H44FN9O5. The third kappa shape index (κ3) is 7.88. The number of H-pyrrole nitrogens is 1. The lowest BCUT2D eigenvalue weighted by Gasteiger charge is -2.30. The number of rotatable bonds is 13. The molecule has 282 valence electrons. The van der Waals surface area contributed by atoms with Crippen LogP contribution in [-0.4, -0.2) is 117 Å². The van der Waals surface area contributed by atoms with Gasteiger partial charge in [0, 0.05) is 69.3 Å². The van der Waals surface area contributed by atoms with Gasteiger partial charge in [0.2, 0.25) is 11.8 Å². The van der Waals surface area contributed by atoms with Gasteiger partial charge in [0.25, 0.3) is 5.91 Å². The van der Waals surface area contributed by atoms with Crippen LogP contribution in [0.2, 0.25) is 0 Å². The van der Waals surface area contributed by atoms with Gasteiger partial charge in [0.1, 0.15) is 17.8 Å². The van der Waals surface area contributed by atoms with Gasteiger partial charge in [0.15, 0.2) is 11.4 Å². The molecule has 1 atom stereocenters. The molecule has 0 radical (unpaired) electrons. The third-order valence-corrected chi connectivity index (χ3v) is 9.86. The molecule has 7 rings (SSSR count). The molecule has 0 unspecified atom stereocenters. The third-order valence-electron chi connectivity index (χ3n) is 9.86. The second-order valence-electron chi connectivity index (χ2n) is 13.8. The average molecular weight is 738 g/mol. The monoisotopic (exact) mass is 737 g/mol. The predicted molar refractivity (Wildman–Crippen MR) is 201 cm³/mol. The van der Waals surface area contributed by atoms with Crippen molar-refractivity contribution in [1.29, 1.82) is 0 Å². The van der Waals surface area contributed by atoms with Gasteiger partial charge >= 0.3 is 0 Å². The number of hydrogen-bond acceptors (Lipinski definition) is 10. The van der Waals surface area contributed by atoms with Crippen molar-refractivity contribution in [2.45, 2.75) is 44.9 Å². The zero-order chi connectivity index (χ0) is 37.8. The van der Waals surface area contributed by atoms with Gasteiger partial charge in [-0.15, -0.1) is 0 Å². The van der Waals surface area contributed by atoms with E-state index in [9.17, 15) is 9.59 Å². The molecule has 1 saturated heterocycles. The molecule has 2 aromatic carbocycles. The number of ether oxygens (including phenoxy) is 3. The largest absolute Gasteiger partial charge is 0.475 e. The van der Waals surface area contributed by atoms with Crippen LogP contribution < -0.4 is 10.1 Å². The summed E-state index contributed by atoms with van der Waals surface area (Å²) >= 11 is 0. The number of carbonyl (C=O) groups excluding carboxylic acids is 2. The molecule has 2 amide bonds. The summed E-state index contributed by atoms with van der Waals surface area (Å²) in [5.41, 5.74) is 3.89. The number of likely N-dealkylation sites (tertiary alicyclic amines) is 1. The van der Waals surface area contributed by atoms with E-state index in [2.05, 4.69) is 30.6 Å². The summed E-state index contributed by atoms with van der Waals surface area (Å²) in [4.78, 5) is 39.5. The van der Waals surface area contributed by atoms with E-state index < -0.39 is 11.4 Å². The molecule has 14 nitrogen and oxygen atoms in total. The van der Waals surface area contributed by atoms with Crippen molar-refractivity contribution in [1.82, 2.24) is 39.7 Å². The van der Waals surface area contributed by atoms with Gasteiger partial charge in [-0.1, -0.05) is 12.1 Å². The van der Waals surface area contributed by atoms with Gasteiger partial charge in [-0.2, -0.15) is 10.2 Å². The van der Waals surface area contributed by atoms with Gasteiger partial charge in [-0.25, -0.2) is 14.4 Å². The maximum absolute atomic E-state index is 15.2. The fourth-order valence-electron chi connectivity index (χ4n) is 6.88. The Balaban J connectivity index is 0.946. The van der Waals surface area contributed by atoms with Gasteiger partial charge in [-0.3, -0.25) is 24.3 Å². The van der Waals surface area contributed by atoms with Crippen molar-refractivity contribution in [2.24, 2.45) is 0 Å². The highest BCUT2D eigenvalue weighted by molar-refractivity contribution is 6.01. The van der Waals surface area contributed by atoms with E-state index in [0.717, 1.165) is 27.6 Å². The van der Waals surface area contributed by atoms with E-state index in [-0.39, 0.29) is 31.0 Å². The number of aromatic amines is 1. The van der Waals surface area contributed by atoms with Crippen molar-refractivity contribution < 1.29 is 28.2 Å². The number of carbonyl (C=O) groups is 2. The minimum atomic E-state index is -1.12. The summed E-state index contributed by atoms with van der Waals surface area (Å²) in [5.74, 6) is 0.138. The molecule has 0 bridgehead atoms. The average Bonchev–Trinajstić information content (AvgIpc) is 3.93. The van der Waals surface area contributed by atoms with E-state index in [4.69, 9.17) is 14.2 Å². The fraction of sp³-hybridized carbons (Fsp3) is 0.385. The molecule has 2 N–H and O–H groups in total. The summed E-state index contributed by atoms with van der Waals surface area (Å²) in [6.45, 7) is 6.79. The quantitative estimate of drug-likeness (QED) is 0.172. The Bertz CT molecular complexity index is 2170. The molecular weight excluding hydrogens is 693 g/mol. The van der Waals surface area contributed by atoms with Crippen LogP contribution in [0.15, 0.2) is 67.1 Å². The molecule has 5 heterocycles. The lowest BCUT2D eigenvalue weighted by molar-refractivity contribution is -0.138. The summed E-state index contributed by atoms with van der Waals surface area (Å²) in [6.07, 6.45) is 6.30. The van der Waals surface area contributed by atoms with Gasteiger partial charge in [-0.05, 0) is 74.2 Å². The highest BCUT2D eigenvalue weighted by Crippen LogP contribution is 2.32. The summed E-state index contributed by atoms with van der Waals surface area (Å²) in [7, 11) is 3.14. The fourth-order valence-corrected chi connectivity index (χ4v) is 6.88. The number of nitrogens with zero attached hydrogens (tertiary/aromatic N) is 7. The topological polar surface area (TPSA) is 153 Å². The standard InChI is InChI=1S/C39H44FN9O5/c1-25(2)54-34-10-6-28(21-41-34)36-31-20-29(7-9-33(31)44-45-36)43-38(51)39(53-4)13-16-47(23-39)22-35(50)48-14-11-26(12-15-48)27-5-8-30(32(40)19-27)37-42-24-49(46-37)17-18-52-3/h5-11,19-21,24-25H,12-18,22-23H2,1-4H3,(H,43,51)(H,44,45)/t39-/m0/s1. The second-order valence-corrected chi connectivity index (χ2v) is 13.8. The first-order chi connectivity index (χ1) is 26.1. The van der Waals surface area contributed by atoms with Crippen LogP contribution in [-0.2, 0) is 25.6 Å². The Morgan fingerprint density at radius 2 is 1.91 bits per heavy atom. The highest BCUT2D eigenvalue weighted by Gasteiger charge is 2.45. The zero-order valence-electron chi connectivity index (χ0n) is 30.8. The van der Waals surface area contributed by atoms with Crippen molar-refractivity contribution in [3.63, 3.8) is 0 Å². The number of pyridine rings is 1. The second kappa shape index (κ2) is 15.8. The molecule has 0 saturated carbocycles. The molecule has 2 aliphatic heterocycles. The smallest absolute Gasteiger partial charge is 0.258 e. The highest BCUT2D eigenvalue weighted by atomic mass is 19.1. The molecule has 0 spiro atoms. The SMILES string of the molecule is COCCn1cnc(-c2ccc(C3=CCN(C(=O)CN4CC[C@@](OC)(C(=O)Nc5ccc6[nH]nc(-c7ccc(OC(C)C)nc7)c6c5)C4)CC3)cc2F)n1. The normalized spacial score (nSPS) is 17.7. The minimum Gasteiger partial charge on any atom is -0.475 e. The first-order valence-electron chi connectivity index (χ1n) is 18.0. The molecule has 2 aliphatic rings. The lowest BCUT2D eigenvalue weighted by Crippen LogP contribution is -2.48. The van der Waals surface area contributed by atoms with Gasteiger partial charge < -0.3 is 24.4 Å². The number of anilines is 1. The van der Waals surface area contributed by atoms with Crippen LogP contribution in [0.5, 0.6) is 5.88 Å². The van der Waals surface area contributed by atoms with Crippen LogP contribution in [0.3, 0.4) is 0 Å². The Morgan fingerprint density at radius 3 is 2.63 bits per heavy atom. The van der Waals surface area contributed by atoms with Crippen LogP contribution in [0.25, 0.3) is 39.1 Å². The Kier molecular flexibility index (Phi) is 10.8. The van der Waals surface area contributed by atoms with Crippen LogP contribution in [0.4, 0.5) is 10.1 Å². The number of methoxy groups -OCH3 is 2. The van der Waals surface area contributed by atoms with Crippen LogP contribution in [0.1, 0.15) is 32.3 Å². The molecule has 54 heavy (non-hydrogen) atoms. The maximum atomic E-state index is 15.2. The lowest BCUT2D eigenvalue weighted by atomic mass is 9.98. The van der Waals surface area contributed by atoms with Crippen LogP contribution in [0, 0.1) is 5.82 Å². The Morgan fingerprint density at radius 1 is 1.06 bits per heavy atom. The van der Waals surface area contributed by atoms with E-state index >= 15 is 4.39 Å². The summed E-state index contributed by atoms with van der Waals surface area (Å²) in [6, 6.07) is 14.3. The van der Waals surface area contributed by atoms with Crippen LogP contribution >= 0.6 is 0 Å². The van der Waals surface area contributed by atoms with Gasteiger partial charge in [0.05, 0.1) is 36.9 Å². The molecule has 15 heteroatoms. The maximum Gasteiger partial charge on any atom is 0.258 e. The number of fused-ring (bicyclic) bond motifs is 1. The Labute approximate surface area is 312 Å². The first-order valence-corrected chi connectivity index (χ1v) is 18.0. The number of amides is 2. The molecule has 3 aromatic heterocycles. The van der Waals surface area contributed by atoms with Crippen molar-refractivity contribution in [2.75, 3.05) is 58.9 Å². The number of nitrogens with one attached hydrogen (secondary N) is 2. The van der Waals surface area contributed by atoms with E-state index in [1.165, 1.54) is 13.2 Å². The number of halogens is 1. The van der Waals surface area contributed by atoms with E-state index in [1.54, 1.807) is 35.3 Å². The van der Waals surface area contributed by atoms with Crippen molar-refractivity contribution in [3.05, 3.63) is 78.5 Å². The zero-order valence-corrected chi connectivity index (χ0v) is 30.8. The first kappa shape index (κ1) is 36.8. The number of aromatic nitrogens is 6. The van der Waals surface area contributed by atoms with E-state index in [0.29, 0.717) is 74.3 Å². The van der Waals surface area contributed by atoms with Crippen molar-refractivity contribution >= 4 is 34.0 Å². The van der Waals surface area contributed by atoms with Crippen molar-refractivity contribution in [3.8, 4) is 28.5 Å². The summed E-state index contributed by atoms with van der Waals surface area (Å²) < 4.78 is 33.4. The predicted octanol–water partition coefficient (Wildman–Crippen LogP) is 4.80. The molecule has 5 aromatic rings. The van der Waals surface area contributed by atoms with E-state index in [1.807, 2.05) is 61.2 Å². The molecule has 1 fully saturated rings. The number of benzene rings is 2. The Hall–Kier alpha value is -5.51. The summed E-state index contributed by atoms with van der Waals surface area (Å²) in [5, 5.41) is 15.8. The number of hydrogen-bond donors (Lipinski definition) is 2. The molecule has 0 aliphatic carbocycles.